The average Bonchev–Trinajstić information content (AvgIpc) is 2.84. The van der Waals surface area contributed by atoms with Gasteiger partial charge in [0.25, 0.3) is 0 Å². The maximum Gasteiger partial charge on any atom is 0.0927 e. The van der Waals surface area contributed by atoms with Gasteiger partial charge in [0.05, 0.1) is 11.2 Å². The average molecular weight is 286 g/mol. The second-order valence-electron chi connectivity index (χ2n) is 5.15. The van der Waals surface area contributed by atoms with E-state index in [0.29, 0.717) is 0 Å². The zero-order valence-corrected chi connectivity index (χ0v) is 12.3. The first-order valence-electron chi connectivity index (χ1n) is 6.51. The van der Waals surface area contributed by atoms with Crippen molar-refractivity contribution in [3.63, 3.8) is 0 Å². The Morgan fingerprint density at radius 1 is 1.15 bits per heavy atom. The van der Waals surface area contributed by atoms with Crippen LogP contribution in [-0.4, -0.2) is 28.8 Å². The summed E-state index contributed by atoms with van der Waals surface area (Å²) < 4.78 is 1.87. The van der Waals surface area contributed by atoms with Gasteiger partial charge in [-0.05, 0) is 37.9 Å². The van der Waals surface area contributed by atoms with Crippen LogP contribution in [0.1, 0.15) is 5.56 Å². The lowest BCUT2D eigenvalue weighted by Crippen LogP contribution is -2.11. The monoisotopic (exact) mass is 285 g/mol. The molecular weight excluding hydrogens is 270 g/mol. The second kappa shape index (κ2) is 5.27. The fourth-order valence-electron chi connectivity index (χ4n) is 2.24. The molecule has 0 radical (unpaired) electrons. The quantitative estimate of drug-likeness (QED) is 0.731. The molecule has 1 aromatic heterocycles. The van der Waals surface area contributed by atoms with E-state index in [2.05, 4.69) is 28.2 Å². The van der Waals surface area contributed by atoms with Crippen molar-refractivity contribution >= 4 is 22.5 Å². The van der Waals surface area contributed by atoms with Crippen molar-refractivity contribution in [2.75, 3.05) is 14.1 Å². The molecule has 0 bridgehead atoms. The van der Waals surface area contributed by atoms with E-state index in [1.165, 1.54) is 0 Å². The number of hydrogen-bond donors (Lipinski definition) is 0. The van der Waals surface area contributed by atoms with E-state index in [1.807, 2.05) is 49.2 Å². The van der Waals surface area contributed by atoms with Crippen LogP contribution in [0.5, 0.6) is 0 Å². The smallest absolute Gasteiger partial charge is 0.0927 e. The van der Waals surface area contributed by atoms with Gasteiger partial charge in [0.15, 0.2) is 0 Å². The largest absolute Gasteiger partial charge is 0.305 e. The number of nitrogens with zero attached hydrogens (tertiary/aromatic N) is 3. The molecule has 0 aliphatic rings. The Kier molecular flexibility index (Phi) is 3.47. The van der Waals surface area contributed by atoms with E-state index >= 15 is 0 Å². The van der Waals surface area contributed by atoms with Gasteiger partial charge < -0.3 is 4.90 Å². The van der Waals surface area contributed by atoms with Gasteiger partial charge in [-0.3, -0.25) is 0 Å². The maximum atomic E-state index is 6.35. The van der Waals surface area contributed by atoms with Gasteiger partial charge in [0, 0.05) is 23.2 Å². The van der Waals surface area contributed by atoms with Crippen LogP contribution in [-0.2, 0) is 6.54 Å². The van der Waals surface area contributed by atoms with Crippen molar-refractivity contribution in [1.29, 1.82) is 0 Å². The molecule has 3 nitrogen and oxygen atoms in total. The molecule has 0 saturated carbocycles. The molecule has 0 amide bonds. The van der Waals surface area contributed by atoms with Crippen molar-refractivity contribution in [3.05, 3.63) is 59.2 Å². The molecule has 0 saturated heterocycles. The summed E-state index contributed by atoms with van der Waals surface area (Å²) in [5, 5.41) is 6.46. The van der Waals surface area contributed by atoms with E-state index in [-0.39, 0.29) is 0 Å². The number of benzene rings is 2. The maximum absolute atomic E-state index is 6.35. The van der Waals surface area contributed by atoms with Gasteiger partial charge in [-0.25, -0.2) is 4.68 Å². The minimum atomic E-state index is 0.774. The Bertz CT molecular complexity index is 713. The lowest BCUT2D eigenvalue weighted by Gasteiger charge is -2.12. The predicted octanol–water partition coefficient (Wildman–Crippen LogP) is 3.74. The van der Waals surface area contributed by atoms with Gasteiger partial charge in [-0.2, -0.15) is 5.10 Å². The first kappa shape index (κ1) is 13.2. The number of aromatic nitrogens is 2. The molecule has 0 N–H and O–H groups in total. The lowest BCUT2D eigenvalue weighted by molar-refractivity contribution is 0.402. The molecule has 3 rings (SSSR count). The van der Waals surface area contributed by atoms with Crippen LogP contribution in [0.2, 0.25) is 5.02 Å². The van der Waals surface area contributed by atoms with Crippen molar-refractivity contribution in [3.8, 4) is 5.69 Å². The van der Waals surface area contributed by atoms with Gasteiger partial charge >= 0.3 is 0 Å². The van der Waals surface area contributed by atoms with Crippen LogP contribution in [0, 0.1) is 0 Å². The normalized spacial score (nSPS) is 11.4. The Labute approximate surface area is 123 Å². The summed E-state index contributed by atoms with van der Waals surface area (Å²) in [5.41, 5.74) is 3.09. The summed E-state index contributed by atoms with van der Waals surface area (Å²) >= 11 is 6.35. The van der Waals surface area contributed by atoms with E-state index in [1.54, 1.807) is 0 Å². The zero-order chi connectivity index (χ0) is 14.1. The summed E-state index contributed by atoms with van der Waals surface area (Å²) in [5.74, 6) is 0. The number of rotatable bonds is 3. The Morgan fingerprint density at radius 2 is 1.95 bits per heavy atom. The fraction of sp³-hybridized carbons (Fsp3) is 0.188. The SMILES string of the molecule is CN(C)Cc1ccc(-n2cc3ccccc3n2)cc1Cl. The van der Waals surface area contributed by atoms with Gasteiger partial charge in [-0.1, -0.05) is 35.9 Å². The Balaban J connectivity index is 1.99. The van der Waals surface area contributed by atoms with Crippen LogP contribution in [0.4, 0.5) is 0 Å². The number of fused-ring (bicyclic) bond motifs is 1. The molecule has 0 spiro atoms. The van der Waals surface area contributed by atoms with Crippen molar-refractivity contribution in [1.82, 2.24) is 14.7 Å². The van der Waals surface area contributed by atoms with E-state index in [9.17, 15) is 0 Å². The van der Waals surface area contributed by atoms with Crippen LogP contribution >= 0.6 is 11.6 Å². The van der Waals surface area contributed by atoms with E-state index in [4.69, 9.17) is 11.6 Å². The minimum absolute atomic E-state index is 0.774. The molecule has 0 aliphatic carbocycles. The van der Waals surface area contributed by atoms with E-state index in [0.717, 1.165) is 33.7 Å². The molecule has 3 aromatic rings. The first-order chi connectivity index (χ1) is 9.63. The summed E-state index contributed by atoms with van der Waals surface area (Å²) in [7, 11) is 4.06. The lowest BCUT2D eigenvalue weighted by atomic mass is 10.2. The summed E-state index contributed by atoms with van der Waals surface area (Å²) in [6, 6.07) is 14.1. The van der Waals surface area contributed by atoms with E-state index < -0.39 is 0 Å². The molecule has 20 heavy (non-hydrogen) atoms. The van der Waals surface area contributed by atoms with Crippen molar-refractivity contribution < 1.29 is 0 Å². The third kappa shape index (κ3) is 2.55. The minimum Gasteiger partial charge on any atom is -0.305 e. The highest BCUT2D eigenvalue weighted by molar-refractivity contribution is 6.31. The third-order valence-corrected chi connectivity index (χ3v) is 3.55. The van der Waals surface area contributed by atoms with Crippen molar-refractivity contribution in [2.24, 2.45) is 0 Å². The van der Waals surface area contributed by atoms with Gasteiger partial charge in [0.2, 0.25) is 0 Å². The molecule has 1 heterocycles. The molecule has 0 aliphatic heterocycles. The van der Waals surface area contributed by atoms with Gasteiger partial charge in [-0.15, -0.1) is 0 Å². The summed E-state index contributed by atoms with van der Waals surface area (Å²) in [6.45, 7) is 0.834. The summed E-state index contributed by atoms with van der Waals surface area (Å²) in [4.78, 5) is 2.10. The van der Waals surface area contributed by atoms with Crippen LogP contribution in [0.15, 0.2) is 48.7 Å². The van der Waals surface area contributed by atoms with Crippen LogP contribution in [0.3, 0.4) is 0 Å². The topological polar surface area (TPSA) is 21.1 Å². The van der Waals surface area contributed by atoms with Crippen LogP contribution in [0.25, 0.3) is 16.6 Å². The molecule has 2 aromatic carbocycles. The third-order valence-electron chi connectivity index (χ3n) is 3.20. The number of halogens is 1. The molecule has 102 valence electrons. The molecule has 0 atom stereocenters. The highest BCUT2D eigenvalue weighted by Crippen LogP contribution is 2.22. The highest BCUT2D eigenvalue weighted by Gasteiger charge is 2.06. The molecular formula is C16H16ClN3. The Hall–Kier alpha value is -1.84. The predicted molar refractivity (Wildman–Crippen MR) is 83.5 cm³/mol. The molecule has 0 unspecified atom stereocenters. The first-order valence-corrected chi connectivity index (χ1v) is 6.89. The van der Waals surface area contributed by atoms with Gasteiger partial charge in [0.1, 0.15) is 0 Å². The van der Waals surface area contributed by atoms with Crippen LogP contribution < -0.4 is 0 Å². The number of hydrogen-bond acceptors (Lipinski definition) is 2. The second-order valence-corrected chi connectivity index (χ2v) is 5.55. The fourth-order valence-corrected chi connectivity index (χ4v) is 2.48. The highest BCUT2D eigenvalue weighted by atomic mass is 35.5. The standard InChI is InChI=1S/C16H16ClN3/c1-19(2)10-12-7-8-14(9-15(12)17)20-11-13-5-3-4-6-16(13)18-20/h3-9,11H,10H2,1-2H3. The molecule has 0 fully saturated rings. The Morgan fingerprint density at radius 3 is 2.65 bits per heavy atom. The van der Waals surface area contributed by atoms with Crippen molar-refractivity contribution in [2.45, 2.75) is 6.54 Å². The zero-order valence-electron chi connectivity index (χ0n) is 11.5. The molecule has 4 heteroatoms. The summed E-state index contributed by atoms with van der Waals surface area (Å²) in [6.07, 6.45) is 2.02.